The minimum atomic E-state index is 0.311. The highest BCUT2D eigenvalue weighted by Gasteiger charge is 2.32. The standard InChI is InChI=1S/C20H31N3O2S/c24-19(16-4-2-1-3-5-16)23-11-6-17(7-12-23)22-13-8-18(9-14-22)25-20-21-10-15-26-20/h10,15-18H,1-9,11-14H2. The van der Waals surface area contributed by atoms with E-state index < -0.39 is 0 Å². The van der Waals surface area contributed by atoms with E-state index >= 15 is 0 Å². The predicted octanol–water partition coefficient (Wildman–Crippen LogP) is 3.56. The van der Waals surface area contributed by atoms with Gasteiger partial charge in [-0.15, -0.1) is 0 Å². The summed E-state index contributed by atoms with van der Waals surface area (Å²) in [6.45, 7) is 4.12. The maximum absolute atomic E-state index is 12.7. The average molecular weight is 378 g/mol. The van der Waals surface area contributed by atoms with Crippen LogP contribution in [0.3, 0.4) is 0 Å². The van der Waals surface area contributed by atoms with Crippen LogP contribution < -0.4 is 4.74 Å². The minimum absolute atomic E-state index is 0.311. The van der Waals surface area contributed by atoms with Crippen molar-refractivity contribution >= 4 is 17.2 Å². The average Bonchev–Trinajstić information content (AvgIpc) is 3.22. The number of thiazole rings is 1. The fourth-order valence-electron chi connectivity index (χ4n) is 4.83. The highest BCUT2D eigenvalue weighted by Crippen LogP contribution is 2.28. The zero-order valence-electron chi connectivity index (χ0n) is 15.6. The Morgan fingerprint density at radius 1 is 1.00 bits per heavy atom. The lowest BCUT2D eigenvalue weighted by Crippen LogP contribution is -2.51. The van der Waals surface area contributed by atoms with Crippen LogP contribution in [-0.2, 0) is 4.79 Å². The number of aromatic nitrogens is 1. The Balaban J connectivity index is 1.20. The van der Waals surface area contributed by atoms with Crippen LogP contribution in [0.5, 0.6) is 5.19 Å². The number of piperidine rings is 2. The second-order valence-electron chi connectivity index (χ2n) is 8.04. The number of carbonyl (C=O) groups is 1. The maximum atomic E-state index is 12.7. The summed E-state index contributed by atoms with van der Waals surface area (Å²) >= 11 is 1.58. The first-order valence-corrected chi connectivity index (χ1v) is 11.3. The fraction of sp³-hybridized carbons (Fsp3) is 0.800. The van der Waals surface area contributed by atoms with Crippen molar-refractivity contribution in [1.29, 1.82) is 0 Å². The van der Waals surface area contributed by atoms with Gasteiger partial charge >= 0.3 is 0 Å². The number of likely N-dealkylation sites (tertiary alicyclic amines) is 2. The number of nitrogens with zero attached hydrogens (tertiary/aromatic N) is 3. The molecular weight excluding hydrogens is 346 g/mol. The summed E-state index contributed by atoms with van der Waals surface area (Å²) in [5.41, 5.74) is 0. The Labute approximate surface area is 160 Å². The third kappa shape index (κ3) is 4.39. The topological polar surface area (TPSA) is 45.7 Å². The molecule has 0 aromatic carbocycles. The molecule has 1 aromatic heterocycles. The fourth-order valence-corrected chi connectivity index (χ4v) is 5.38. The molecule has 2 saturated heterocycles. The molecule has 26 heavy (non-hydrogen) atoms. The summed E-state index contributed by atoms with van der Waals surface area (Å²) in [6.07, 6.45) is 12.6. The van der Waals surface area contributed by atoms with E-state index in [9.17, 15) is 4.79 Å². The smallest absolute Gasteiger partial charge is 0.273 e. The van der Waals surface area contributed by atoms with Crippen molar-refractivity contribution in [3.63, 3.8) is 0 Å². The zero-order chi connectivity index (χ0) is 17.8. The summed E-state index contributed by atoms with van der Waals surface area (Å²) in [6, 6.07) is 0.645. The van der Waals surface area contributed by atoms with Gasteiger partial charge in [-0.05, 0) is 38.5 Å². The molecule has 3 fully saturated rings. The number of carbonyl (C=O) groups excluding carboxylic acids is 1. The van der Waals surface area contributed by atoms with Gasteiger partial charge in [0.25, 0.3) is 5.19 Å². The minimum Gasteiger partial charge on any atom is -0.467 e. The molecule has 144 valence electrons. The summed E-state index contributed by atoms with van der Waals surface area (Å²) in [5, 5.41) is 2.77. The molecule has 3 aliphatic rings. The molecule has 1 aromatic rings. The van der Waals surface area contributed by atoms with E-state index in [1.54, 1.807) is 17.5 Å². The van der Waals surface area contributed by atoms with Gasteiger partial charge in [-0.2, -0.15) is 0 Å². The zero-order valence-corrected chi connectivity index (χ0v) is 16.5. The van der Waals surface area contributed by atoms with E-state index in [2.05, 4.69) is 14.8 Å². The molecule has 0 bridgehead atoms. The first kappa shape index (κ1) is 18.2. The normalized spacial score (nSPS) is 24.7. The summed E-state index contributed by atoms with van der Waals surface area (Å²) in [4.78, 5) is 21.7. The molecule has 4 rings (SSSR count). The van der Waals surface area contributed by atoms with Crippen molar-refractivity contribution < 1.29 is 9.53 Å². The lowest BCUT2D eigenvalue weighted by molar-refractivity contribution is -0.138. The molecule has 6 heteroatoms. The monoisotopic (exact) mass is 377 g/mol. The second-order valence-corrected chi connectivity index (χ2v) is 8.90. The predicted molar refractivity (Wildman–Crippen MR) is 104 cm³/mol. The quantitative estimate of drug-likeness (QED) is 0.805. The third-order valence-electron chi connectivity index (χ3n) is 6.40. The van der Waals surface area contributed by atoms with Crippen molar-refractivity contribution in [3.8, 4) is 5.19 Å². The highest BCUT2D eigenvalue weighted by atomic mass is 32.1. The molecule has 1 saturated carbocycles. The molecule has 0 radical (unpaired) electrons. The van der Waals surface area contributed by atoms with Crippen molar-refractivity contribution in [2.24, 2.45) is 5.92 Å². The van der Waals surface area contributed by atoms with Gasteiger partial charge in [0.1, 0.15) is 6.10 Å². The number of rotatable bonds is 4. The number of hydrogen-bond acceptors (Lipinski definition) is 5. The van der Waals surface area contributed by atoms with Crippen LogP contribution in [0.4, 0.5) is 0 Å². The largest absolute Gasteiger partial charge is 0.467 e. The van der Waals surface area contributed by atoms with Gasteiger partial charge in [0.2, 0.25) is 5.91 Å². The Hall–Kier alpha value is -1.14. The molecule has 0 atom stereocenters. The van der Waals surface area contributed by atoms with Gasteiger partial charge in [0, 0.05) is 49.7 Å². The van der Waals surface area contributed by atoms with Crippen molar-refractivity contribution in [2.45, 2.75) is 69.9 Å². The van der Waals surface area contributed by atoms with Crippen LogP contribution in [-0.4, -0.2) is 59.0 Å². The van der Waals surface area contributed by atoms with Gasteiger partial charge in [0.05, 0.1) is 0 Å². The molecule has 2 aliphatic heterocycles. The number of amides is 1. The summed E-state index contributed by atoms with van der Waals surface area (Å²) in [5.74, 6) is 0.762. The molecule has 0 unspecified atom stereocenters. The Bertz CT molecular complexity index is 558. The first-order valence-electron chi connectivity index (χ1n) is 10.4. The van der Waals surface area contributed by atoms with E-state index in [0.717, 1.165) is 69.9 Å². The Morgan fingerprint density at radius 3 is 2.38 bits per heavy atom. The van der Waals surface area contributed by atoms with Crippen LogP contribution in [0.1, 0.15) is 57.8 Å². The van der Waals surface area contributed by atoms with Gasteiger partial charge < -0.3 is 9.64 Å². The van der Waals surface area contributed by atoms with Gasteiger partial charge in [-0.3, -0.25) is 9.69 Å². The van der Waals surface area contributed by atoms with E-state index in [-0.39, 0.29) is 0 Å². The Morgan fingerprint density at radius 2 is 1.73 bits per heavy atom. The molecule has 1 aliphatic carbocycles. The molecule has 1 amide bonds. The van der Waals surface area contributed by atoms with Gasteiger partial charge in [-0.25, -0.2) is 4.98 Å². The first-order chi connectivity index (χ1) is 12.8. The highest BCUT2D eigenvalue weighted by molar-refractivity contribution is 7.11. The van der Waals surface area contributed by atoms with Crippen LogP contribution in [0.15, 0.2) is 11.6 Å². The molecule has 0 spiro atoms. The van der Waals surface area contributed by atoms with Crippen molar-refractivity contribution in [3.05, 3.63) is 11.6 Å². The summed E-state index contributed by atoms with van der Waals surface area (Å²) < 4.78 is 5.97. The third-order valence-corrected chi connectivity index (χ3v) is 7.06. The van der Waals surface area contributed by atoms with E-state index in [4.69, 9.17) is 4.74 Å². The van der Waals surface area contributed by atoms with Crippen LogP contribution in [0.25, 0.3) is 0 Å². The second kappa shape index (κ2) is 8.70. The van der Waals surface area contributed by atoms with E-state index in [0.29, 0.717) is 24.0 Å². The van der Waals surface area contributed by atoms with Gasteiger partial charge in [-0.1, -0.05) is 30.6 Å². The van der Waals surface area contributed by atoms with Crippen LogP contribution in [0, 0.1) is 5.92 Å². The van der Waals surface area contributed by atoms with E-state index in [1.165, 1.54) is 19.3 Å². The number of ether oxygens (including phenoxy) is 1. The summed E-state index contributed by atoms with van der Waals surface area (Å²) in [7, 11) is 0. The van der Waals surface area contributed by atoms with E-state index in [1.807, 2.05) is 5.38 Å². The Kier molecular flexibility index (Phi) is 6.10. The van der Waals surface area contributed by atoms with Crippen molar-refractivity contribution in [2.75, 3.05) is 26.2 Å². The lowest BCUT2D eigenvalue weighted by atomic mass is 9.87. The molecule has 3 heterocycles. The molecule has 5 nitrogen and oxygen atoms in total. The number of hydrogen-bond donors (Lipinski definition) is 0. The SMILES string of the molecule is O=C(C1CCCCC1)N1CCC(N2CCC(Oc3nccs3)CC2)CC1. The van der Waals surface area contributed by atoms with Gasteiger partial charge in [0.15, 0.2) is 0 Å². The molecular formula is C20H31N3O2S. The maximum Gasteiger partial charge on any atom is 0.273 e. The van der Waals surface area contributed by atoms with Crippen LogP contribution in [0.2, 0.25) is 0 Å². The van der Waals surface area contributed by atoms with Crippen molar-refractivity contribution in [1.82, 2.24) is 14.8 Å². The van der Waals surface area contributed by atoms with Crippen LogP contribution >= 0.6 is 11.3 Å². The molecule has 0 N–H and O–H groups in total. The lowest BCUT2D eigenvalue weighted by Gasteiger charge is -2.42.